The number of aryl methyl sites for hydroxylation is 1. The number of H-pyrrole nitrogens is 1. The molecular formula is C20H16BrN3O. The second kappa shape index (κ2) is 5.85. The lowest BCUT2D eigenvalue weighted by Crippen LogP contribution is -2.10. The van der Waals surface area contributed by atoms with Gasteiger partial charge in [0.15, 0.2) is 0 Å². The molecule has 2 aromatic carbocycles. The van der Waals surface area contributed by atoms with Crippen molar-refractivity contribution in [2.24, 2.45) is 0 Å². The molecule has 1 atom stereocenters. The third-order valence-corrected chi connectivity index (χ3v) is 5.42. The Hall–Kier alpha value is -2.40. The van der Waals surface area contributed by atoms with Crippen LogP contribution in [0.25, 0.3) is 22.4 Å². The van der Waals surface area contributed by atoms with E-state index in [9.17, 15) is 0 Å². The van der Waals surface area contributed by atoms with Crippen molar-refractivity contribution in [2.45, 2.75) is 25.2 Å². The molecule has 124 valence electrons. The van der Waals surface area contributed by atoms with Gasteiger partial charge in [0.05, 0.1) is 5.92 Å². The first kappa shape index (κ1) is 14.9. The highest BCUT2D eigenvalue weighted by Crippen LogP contribution is 2.40. The summed E-state index contributed by atoms with van der Waals surface area (Å²) in [7, 11) is 0. The summed E-state index contributed by atoms with van der Waals surface area (Å²) in [5.74, 6) is 1.42. The number of benzene rings is 2. The van der Waals surface area contributed by atoms with E-state index in [1.807, 2.05) is 30.3 Å². The van der Waals surface area contributed by atoms with Crippen molar-refractivity contribution in [1.82, 2.24) is 15.2 Å². The van der Waals surface area contributed by atoms with Gasteiger partial charge in [-0.25, -0.2) is 0 Å². The maximum atomic E-state index is 6.03. The number of aromatic amines is 1. The van der Waals surface area contributed by atoms with Gasteiger partial charge in [-0.05, 0) is 55.2 Å². The zero-order valence-corrected chi connectivity index (χ0v) is 15.1. The smallest absolute Gasteiger partial charge is 0.247 e. The first-order chi connectivity index (χ1) is 12.3. The van der Waals surface area contributed by atoms with Gasteiger partial charge in [0.25, 0.3) is 0 Å². The van der Waals surface area contributed by atoms with Crippen molar-refractivity contribution in [3.63, 3.8) is 0 Å². The van der Waals surface area contributed by atoms with Crippen LogP contribution in [0.1, 0.15) is 35.9 Å². The molecule has 1 N–H and O–H groups in total. The number of nitrogens with one attached hydrogen (secondary N) is 1. The van der Waals surface area contributed by atoms with Crippen molar-refractivity contribution in [1.29, 1.82) is 0 Å². The van der Waals surface area contributed by atoms with Gasteiger partial charge in [-0.1, -0.05) is 34.1 Å². The molecule has 0 saturated heterocycles. The summed E-state index contributed by atoms with van der Waals surface area (Å²) in [5.41, 5.74) is 4.73. The number of fused-ring (bicyclic) bond motifs is 3. The lowest BCUT2D eigenvalue weighted by Gasteiger charge is -2.19. The van der Waals surface area contributed by atoms with Crippen LogP contribution in [0.3, 0.4) is 0 Å². The van der Waals surface area contributed by atoms with E-state index in [0.717, 1.165) is 29.3 Å². The highest BCUT2D eigenvalue weighted by atomic mass is 79.9. The lowest BCUT2D eigenvalue weighted by molar-refractivity contribution is 0.447. The van der Waals surface area contributed by atoms with Crippen LogP contribution in [0.4, 0.5) is 0 Å². The van der Waals surface area contributed by atoms with Crippen molar-refractivity contribution < 1.29 is 4.42 Å². The van der Waals surface area contributed by atoms with Gasteiger partial charge in [-0.15, -0.1) is 10.2 Å². The highest BCUT2D eigenvalue weighted by Gasteiger charge is 2.29. The average Bonchev–Trinajstić information content (AvgIpc) is 3.27. The molecule has 1 aliphatic rings. The number of hydrogen-bond acceptors (Lipinski definition) is 3. The molecule has 0 saturated carbocycles. The molecule has 25 heavy (non-hydrogen) atoms. The topological polar surface area (TPSA) is 54.7 Å². The van der Waals surface area contributed by atoms with Gasteiger partial charge < -0.3 is 9.40 Å². The Bertz CT molecular complexity index is 1050. The van der Waals surface area contributed by atoms with Crippen LogP contribution < -0.4 is 0 Å². The Morgan fingerprint density at radius 2 is 1.96 bits per heavy atom. The van der Waals surface area contributed by atoms with Crippen molar-refractivity contribution in [3.8, 4) is 11.5 Å². The number of rotatable bonds is 2. The van der Waals surface area contributed by atoms with E-state index < -0.39 is 0 Å². The summed E-state index contributed by atoms with van der Waals surface area (Å²) in [5, 5.41) is 9.91. The van der Waals surface area contributed by atoms with Crippen LogP contribution >= 0.6 is 15.9 Å². The van der Waals surface area contributed by atoms with E-state index in [4.69, 9.17) is 4.42 Å². The molecule has 2 heterocycles. The summed E-state index contributed by atoms with van der Waals surface area (Å²) < 4.78 is 7.14. The Morgan fingerprint density at radius 3 is 2.84 bits per heavy atom. The van der Waals surface area contributed by atoms with Gasteiger partial charge in [-0.3, -0.25) is 0 Å². The van der Waals surface area contributed by atoms with Gasteiger partial charge in [0.2, 0.25) is 11.8 Å². The summed E-state index contributed by atoms with van der Waals surface area (Å²) in [6.07, 6.45) is 3.24. The molecule has 0 amide bonds. The minimum Gasteiger partial charge on any atom is -0.420 e. The average molecular weight is 394 g/mol. The number of aromatic nitrogens is 3. The maximum absolute atomic E-state index is 6.03. The predicted molar refractivity (Wildman–Crippen MR) is 101 cm³/mol. The SMILES string of the molecule is Brc1ccc2[nH]c3c(c2c1)CCCC3c1nnc(-c2ccccc2)o1. The fourth-order valence-corrected chi connectivity index (χ4v) is 4.12. The molecule has 0 spiro atoms. The van der Waals surface area contributed by atoms with E-state index in [0.29, 0.717) is 11.8 Å². The van der Waals surface area contributed by atoms with Crippen LogP contribution in [0.2, 0.25) is 0 Å². The number of hydrogen-bond donors (Lipinski definition) is 1. The van der Waals surface area contributed by atoms with Gasteiger partial charge in [-0.2, -0.15) is 0 Å². The fraction of sp³-hybridized carbons (Fsp3) is 0.200. The molecular weight excluding hydrogens is 378 g/mol. The molecule has 2 aromatic heterocycles. The number of halogens is 1. The fourth-order valence-electron chi connectivity index (χ4n) is 3.75. The first-order valence-electron chi connectivity index (χ1n) is 8.48. The second-order valence-electron chi connectivity index (χ2n) is 6.46. The Morgan fingerprint density at radius 1 is 1.08 bits per heavy atom. The molecule has 4 nitrogen and oxygen atoms in total. The minimum atomic E-state index is 0.139. The minimum absolute atomic E-state index is 0.139. The van der Waals surface area contributed by atoms with Crippen LogP contribution in [0, 0.1) is 0 Å². The standard InChI is InChI=1S/C20H16BrN3O/c21-13-9-10-17-16(11-13)14-7-4-8-15(18(14)22-17)20-24-23-19(25-20)12-5-2-1-3-6-12/h1-3,5-6,9-11,15,22H,4,7-8H2. The normalized spacial score (nSPS) is 16.9. The van der Waals surface area contributed by atoms with E-state index in [-0.39, 0.29) is 5.92 Å². The van der Waals surface area contributed by atoms with Crippen LogP contribution in [0.5, 0.6) is 0 Å². The van der Waals surface area contributed by atoms with Gasteiger partial charge >= 0.3 is 0 Å². The highest BCUT2D eigenvalue weighted by molar-refractivity contribution is 9.10. The molecule has 0 bridgehead atoms. The van der Waals surface area contributed by atoms with Crippen LogP contribution in [-0.4, -0.2) is 15.2 Å². The summed E-state index contributed by atoms with van der Waals surface area (Å²) >= 11 is 3.58. The summed E-state index contributed by atoms with van der Waals surface area (Å²) in [6.45, 7) is 0. The molecule has 5 rings (SSSR count). The third-order valence-electron chi connectivity index (χ3n) is 4.93. The Balaban J connectivity index is 1.59. The molecule has 0 radical (unpaired) electrons. The van der Waals surface area contributed by atoms with E-state index in [1.165, 1.54) is 22.2 Å². The zero-order chi connectivity index (χ0) is 16.8. The van der Waals surface area contributed by atoms with E-state index >= 15 is 0 Å². The Labute approximate surface area is 153 Å². The molecule has 4 aromatic rings. The van der Waals surface area contributed by atoms with Crippen molar-refractivity contribution in [3.05, 3.63) is 70.2 Å². The van der Waals surface area contributed by atoms with Crippen LogP contribution in [0.15, 0.2) is 57.4 Å². The maximum Gasteiger partial charge on any atom is 0.247 e. The van der Waals surface area contributed by atoms with E-state index in [1.54, 1.807) is 0 Å². The van der Waals surface area contributed by atoms with Gasteiger partial charge in [0, 0.05) is 26.6 Å². The quantitative estimate of drug-likeness (QED) is 0.492. The molecule has 1 unspecified atom stereocenters. The molecule has 5 heteroatoms. The van der Waals surface area contributed by atoms with Gasteiger partial charge in [0.1, 0.15) is 0 Å². The zero-order valence-electron chi connectivity index (χ0n) is 13.5. The molecule has 0 aliphatic heterocycles. The predicted octanol–water partition coefficient (Wildman–Crippen LogP) is 5.45. The second-order valence-corrected chi connectivity index (χ2v) is 7.38. The monoisotopic (exact) mass is 393 g/mol. The molecule has 1 aliphatic carbocycles. The van der Waals surface area contributed by atoms with Crippen molar-refractivity contribution in [2.75, 3.05) is 0 Å². The third kappa shape index (κ3) is 2.50. The first-order valence-corrected chi connectivity index (χ1v) is 9.28. The van der Waals surface area contributed by atoms with Crippen molar-refractivity contribution >= 4 is 26.8 Å². The largest absolute Gasteiger partial charge is 0.420 e. The number of nitrogens with zero attached hydrogens (tertiary/aromatic N) is 2. The molecule has 0 fully saturated rings. The Kier molecular flexibility index (Phi) is 3.48. The summed E-state index contributed by atoms with van der Waals surface area (Å²) in [4.78, 5) is 3.59. The van der Waals surface area contributed by atoms with Crippen LogP contribution in [-0.2, 0) is 6.42 Å². The lowest BCUT2D eigenvalue weighted by atomic mass is 9.87. The summed E-state index contributed by atoms with van der Waals surface area (Å²) in [6, 6.07) is 16.3. The van der Waals surface area contributed by atoms with E-state index in [2.05, 4.69) is 49.3 Å².